The van der Waals surface area contributed by atoms with Gasteiger partial charge in [0.1, 0.15) is 0 Å². The van der Waals surface area contributed by atoms with Crippen LogP contribution in [-0.2, 0) is 14.8 Å². The summed E-state index contributed by atoms with van der Waals surface area (Å²) in [5.41, 5.74) is 2.02. The monoisotopic (exact) mass is 375 g/mol. The van der Waals surface area contributed by atoms with Crippen molar-refractivity contribution in [3.8, 4) is 0 Å². The van der Waals surface area contributed by atoms with Crippen molar-refractivity contribution in [1.82, 2.24) is 10.0 Å². The van der Waals surface area contributed by atoms with Crippen molar-refractivity contribution in [2.75, 3.05) is 18.4 Å². The standard InChI is InChI=1S/C18H21N3O4S/c1-13-4-3-5-15(12-13)18(23)19-10-11-20-26(24,25)17-8-6-16(7-9-17)21-14(2)22/h3-9,12,20H,10-11H2,1-2H3,(H,19,23)(H,21,22). The second-order valence-electron chi connectivity index (χ2n) is 5.73. The van der Waals surface area contributed by atoms with Crippen molar-refractivity contribution in [1.29, 1.82) is 0 Å². The molecule has 0 radical (unpaired) electrons. The summed E-state index contributed by atoms with van der Waals surface area (Å²) in [5, 5.41) is 5.23. The van der Waals surface area contributed by atoms with Gasteiger partial charge in [-0.05, 0) is 43.3 Å². The molecule has 0 aliphatic heterocycles. The smallest absolute Gasteiger partial charge is 0.251 e. The van der Waals surface area contributed by atoms with Gasteiger partial charge in [-0.1, -0.05) is 17.7 Å². The van der Waals surface area contributed by atoms with Crippen LogP contribution in [0.3, 0.4) is 0 Å². The number of anilines is 1. The number of hydrogen-bond acceptors (Lipinski definition) is 4. The molecule has 0 heterocycles. The summed E-state index contributed by atoms with van der Waals surface area (Å²) in [6, 6.07) is 13.0. The van der Waals surface area contributed by atoms with Crippen LogP contribution in [0.15, 0.2) is 53.4 Å². The van der Waals surface area contributed by atoms with Gasteiger partial charge in [-0.15, -0.1) is 0 Å². The quantitative estimate of drug-likeness (QED) is 0.640. The lowest BCUT2D eigenvalue weighted by Crippen LogP contribution is -2.34. The van der Waals surface area contributed by atoms with Crippen LogP contribution in [-0.4, -0.2) is 33.3 Å². The summed E-state index contributed by atoms with van der Waals surface area (Å²) in [6.07, 6.45) is 0. The lowest BCUT2D eigenvalue weighted by atomic mass is 10.1. The largest absolute Gasteiger partial charge is 0.351 e. The van der Waals surface area contributed by atoms with Crippen LogP contribution >= 0.6 is 0 Å². The summed E-state index contributed by atoms with van der Waals surface area (Å²) in [7, 11) is -3.69. The first-order valence-electron chi connectivity index (χ1n) is 8.00. The van der Waals surface area contributed by atoms with Crippen molar-refractivity contribution < 1.29 is 18.0 Å². The van der Waals surface area contributed by atoms with E-state index in [1.807, 2.05) is 13.0 Å². The minimum absolute atomic E-state index is 0.0628. The molecule has 0 saturated carbocycles. The van der Waals surface area contributed by atoms with E-state index in [0.29, 0.717) is 11.3 Å². The van der Waals surface area contributed by atoms with E-state index < -0.39 is 10.0 Å². The Balaban J connectivity index is 1.86. The van der Waals surface area contributed by atoms with E-state index in [-0.39, 0.29) is 29.8 Å². The molecule has 0 aromatic heterocycles. The summed E-state index contributed by atoms with van der Waals surface area (Å²) < 4.78 is 26.9. The van der Waals surface area contributed by atoms with Crippen molar-refractivity contribution in [3.05, 3.63) is 59.7 Å². The number of aryl methyl sites for hydroxylation is 1. The lowest BCUT2D eigenvalue weighted by molar-refractivity contribution is -0.114. The maximum absolute atomic E-state index is 12.2. The second kappa shape index (κ2) is 8.59. The van der Waals surface area contributed by atoms with Crippen LogP contribution in [0.1, 0.15) is 22.8 Å². The highest BCUT2D eigenvalue weighted by Gasteiger charge is 2.13. The van der Waals surface area contributed by atoms with Gasteiger partial charge >= 0.3 is 0 Å². The van der Waals surface area contributed by atoms with Crippen molar-refractivity contribution in [3.63, 3.8) is 0 Å². The van der Waals surface area contributed by atoms with Gasteiger partial charge in [-0.3, -0.25) is 9.59 Å². The van der Waals surface area contributed by atoms with E-state index in [1.54, 1.807) is 18.2 Å². The summed E-state index contributed by atoms with van der Waals surface area (Å²) >= 11 is 0. The van der Waals surface area contributed by atoms with Gasteiger partial charge in [0, 0.05) is 31.3 Å². The first kappa shape index (κ1) is 19.6. The zero-order chi connectivity index (χ0) is 19.2. The maximum Gasteiger partial charge on any atom is 0.251 e. The van der Waals surface area contributed by atoms with Gasteiger partial charge in [0.05, 0.1) is 4.90 Å². The van der Waals surface area contributed by atoms with E-state index in [1.165, 1.54) is 31.2 Å². The average Bonchev–Trinajstić information content (AvgIpc) is 2.58. The number of amides is 2. The molecule has 0 atom stereocenters. The van der Waals surface area contributed by atoms with E-state index >= 15 is 0 Å². The molecule has 7 nitrogen and oxygen atoms in total. The first-order chi connectivity index (χ1) is 12.3. The molecule has 138 valence electrons. The van der Waals surface area contributed by atoms with Crippen LogP contribution in [0.4, 0.5) is 5.69 Å². The SMILES string of the molecule is CC(=O)Nc1ccc(S(=O)(=O)NCCNC(=O)c2cccc(C)c2)cc1. The zero-order valence-electron chi connectivity index (χ0n) is 14.6. The molecule has 0 aliphatic rings. The fourth-order valence-corrected chi connectivity index (χ4v) is 3.29. The van der Waals surface area contributed by atoms with E-state index in [0.717, 1.165) is 5.56 Å². The maximum atomic E-state index is 12.2. The molecule has 2 aromatic carbocycles. The molecule has 2 amide bonds. The van der Waals surface area contributed by atoms with Gasteiger partial charge in [-0.2, -0.15) is 0 Å². The highest BCUT2D eigenvalue weighted by Crippen LogP contribution is 2.13. The molecule has 3 N–H and O–H groups in total. The van der Waals surface area contributed by atoms with Crippen LogP contribution in [0.2, 0.25) is 0 Å². The molecular formula is C18H21N3O4S. The third kappa shape index (κ3) is 5.68. The van der Waals surface area contributed by atoms with Crippen molar-refractivity contribution in [2.24, 2.45) is 0 Å². The van der Waals surface area contributed by atoms with Gasteiger partial charge < -0.3 is 10.6 Å². The topological polar surface area (TPSA) is 104 Å². The van der Waals surface area contributed by atoms with Crippen molar-refractivity contribution >= 4 is 27.5 Å². The van der Waals surface area contributed by atoms with Crippen LogP contribution in [0.25, 0.3) is 0 Å². The van der Waals surface area contributed by atoms with E-state index in [2.05, 4.69) is 15.4 Å². The van der Waals surface area contributed by atoms with Gasteiger partial charge in [0.2, 0.25) is 15.9 Å². The molecule has 0 fully saturated rings. The van der Waals surface area contributed by atoms with E-state index in [4.69, 9.17) is 0 Å². The Morgan fingerprint density at radius 3 is 2.31 bits per heavy atom. The molecule has 26 heavy (non-hydrogen) atoms. The molecule has 0 bridgehead atoms. The minimum atomic E-state index is -3.69. The molecule has 0 unspecified atom stereocenters. The normalized spacial score (nSPS) is 11.0. The van der Waals surface area contributed by atoms with Gasteiger partial charge in [0.25, 0.3) is 5.91 Å². The number of rotatable bonds is 7. The van der Waals surface area contributed by atoms with Crippen molar-refractivity contribution in [2.45, 2.75) is 18.7 Å². The fourth-order valence-electron chi connectivity index (χ4n) is 2.25. The fraction of sp³-hybridized carbons (Fsp3) is 0.222. The number of sulfonamides is 1. The number of carbonyl (C=O) groups is 2. The molecule has 0 saturated heterocycles. The Labute approximate surface area is 152 Å². The third-order valence-corrected chi connectivity index (χ3v) is 4.94. The third-order valence-electron chi connectivity index (χ3n) is 3.47. The van der Waals surface area contributed by atoms with Gasteiger partial charge in [0.15, 0.2) is 0 Å². The molecule has 0 aliphatic carbocycles. The minimum Gasteiger partial charge on any atom is -0.351 e. The Morgan fingerprint density at radius 2 is 1.69 bits per heavy atom. The number of nitrogens with one attached hydrogen (secondary N) is 3. The van der Waals surface area contributed by atoms with Gasteiger partial charge in [-0.25, -0.2) is 13.1 Å². The summed E-state index contributed by atoms with van der Waals surface area (Å²) in [6.45, 7) is 3.49. The number of benzene rings is 2. The Morgan fingerprint density at radius 1 is 1.00 bits per heavy atom. The summed E-state index contributed by atoms with van der Waals surface area (Å²) in [4.78, 5) is 23.0. The number of carbonyl (C=O) groups excluding carboxylic acids is 2. The van der Waals surface area contributed by atoms with Crippen LogP contribution in [0, 0.1) is 6.92 Å². The van der Waals surface area contributed by atoms with Crippen LogP contribution in [0.5, 0.6) is 0 Å². The molecule has 2 rings (SSSR count). The zero-order valence-corrected chi connectivity index (χ0v) is 15.4. The molecule has 2 aromatic rings. The summed E-state index contributed by atoms with van der Waals surface area (Å²) in [5.74, 6) is -0.490. The first-order valence-corrected chi connectivity index (χ1v) is 9.48. The number of hydrogen-bond donors (Lipinski definition) is 3. The second-order valence-corrected chi connectivity index (χ2v) is 7.50. The highest BCUT2D eigenvalue weighted by atomic mass is 32.2. The molecular weight excluding hydrogens is 354 g/mol. The predicted molar refractivity (Wildman–Crippen MR) is 99.4 cm³/mol. The average molecular weight is 375 g/mol. The Hall–Kier alpha value is -2.71. The predicted octanol–water partition coefficient (Wildman–Crippen LogP) is 1.66. The Kier molecular flexibility index (Phi) is 6.48. The van der Waals surface area contributed by atoms with Crippen LogP contribution < -0.4 is 15.4 Å². The molecule has 8 heteroatoms. The lowest BCUT2D eigenvalue weighted by Gasteiger charge is -2.09. The Bertz CT molecular complexity index is 893. The van der Waals surface area contributed by atoms with E-state index in [9.17, 15) is 18.0 Å². The molecule has 0 spiro atoms. The highest BCUT2D eigenvalue weighted by molar-refractivity contribution is 7.89.